The van der Waals surface area contributed by atoms with Gasteiger partial charge in [0.05, 0.1) is 0 Å². The molecule has 154 valence electrons. The molecule has 6 heteroatoms. The number of ether oxygens (including phenoxy) is 1. The molecule has 2 aromatic rings. The van der Waals surface area contributed by atoms with E-state index in [-0.39, 0.29) is 18.2 Å². The van der Waals surface area contributed by atoms with Crippen LogP contribution in [0.3, 0.4) is 0 Å². The smallest absolute Gasteiger partial charge is 0.315 e. The van der Waals surface area contributed by atoms with Crippen molar-refractivity contribution in [2.75, 3.05) is 18.0 Å². The van der Waals surface area contributed by atoms with E-state index in [0.717, 1.165) is 31.4 Å². The largest absolute Gasteiger partial charge is 0.474 e. The standard InChI is InChI=1S/C23H30N4O2/c1-17(27-14-12-18-7-2-5-11-21(18)27)15-25-23(28)26-16-19-8-6-13-24-22(19)29-20-9-3-4-10-20/h2,5-8,11,13,17,20H,3-4,9-10,12,14-16H2,1H3,(H2,25,26,28)/t17-/m0/s1. The van der Waals surface area contributed by atoms with Crippen molar-refractivity contribution in [1.29, 1.82) is 0 Å². The highest BCUT2D eigenvalue weighted by molar-refractivity contribution is 5.74. The summed E-state index contributed by atoms with van der Waals surface area (Å²) in [6, 6.07) is 12.4. The highest BCUT2D eigenvalue weighted by Crippen LogP contribution is 2.29. The minimum atomic E-state index is -0.167. The van der Waals surface area contributed by atoms with E-state index in [1.165, 1.54) is 24.1 Å². The molecule has 1 saturated carbocycles. The Balaban J connectivity index is 1.25. The second-order valence-corrected chi connectivity index (χ2v) is 7.98. The van der Waals surface area contributed by atoms with Crippen molar-refractivity contribution in [3.63, 3.8) is 0 Å². The Bertz CT molecular complexity index is 835. The number of fused-ring (bicyclic) bond motifs is 1. The Morgan fingerprint density at radius 3 is 2.90 bits per heavy atom. The van der Waals surface area contributed by atoms with Gasteiger partial charge in [-0.05, 0) is 56.7 Å². The number of carbonyl (C=O) groups excluding carboxylic acids is 1. The number of nitrogens with zero attached hydrogens (tertiary/aromatic N) is 2. The molecule has 1 fully saturated rings. The van der Waals surface area contributed by atoms with Crippen LogP contribution in [0.15, 0.2) is 42.6 Å². The molecule has 0 spiro atoms. The lowest BCUT2D eigenvalue weighted by atomic mass is 10.2. The first kappa shape index (κ1) is 19.6. The fourth-order valence-corrected chi connectivity index (χ4v) is 4.24. The zero-order chi connectivity index (χ0) is 20.1. The molecule has 1 aliphatic carbocycles. The molecule has 1 aromatic carbocycles. The predicted octanol–water partition coefficient (Wildman–Crippen LogP) is 3.65. The van der Waals surface area contributed by atoms with E-state index in [9.17, 15) is 4.79 Å². The van der Waals surface area contributed by atoms with Gasteiger partial charge in [-0.15, -0.1) is 0 Å². The Morgan fingerprint density at radius 1 is 1.21 bits per heavy atom. The van der Waals surface area contributed by atoms with Crippen LogP contribution in [0.5, 0.6) is 5.88 Å². The first-order valence-corrected chi connectivity index (χ1v) is 10.7. The fourth-order valence-electron chi connectivity index (χ4n) is 4.24. The van der Waals surface area contributed by atoms with Gasteiger partial charge in [0, 0.05) is 43.1 Å². The lowest BCUT2D eigenvalue weighted by Gasteiger charge is -2.27. The van der Waals surface area contributed by atoms with E-state index in [1.807, 2.05) is 12.1 Å². The fraction of sp³-hybridized carbons (Fsp3) is 0.478. The molecule has 2 N–H and O–H groups in total. The van der Waals surface area contributed by atoms with E-state index in [0.29, 0.717) is 19.0 Å². The molecule has 0 unspecified atom stereocenters. The van der Waals surface area contributed by atoms with Crippen LogP contribution in [0.4, 0.5) is 10.5 Å². The topological polar surface area (TPSA) is 66.5 Å². The van der Waals surface area contributed by atoms with Crippen molar-refractivity contribution >= 4 is 11.7 Å². The SMILES string of the molecule is C[C@@H](CNC(=O)NCc1cccnc1OC1CCCC1)N1CCc2ccccc21. The average Bonchev–Trinajstić information content (AvgIpc) is 3.41. The van der Waals surface area contributed by atoms with E-state index < -0.39 is 0 Å². The number of hydrogen-bond donors (Lipinski definition) is 2. The van der Waals surface area contributed by atoms with Crippen molar-refractivity contribution in [1.82, 2.24) is 15.6 Å². The molecular weight excluding hydrogens is 364 g/mol. The minimum Gasteiger partial charge on any atom is -0.474 e. The third-order valence-electron chi connectivity index (χ3n) is 5.88. The summed E-state index contributed by atoms with van der Waals surface area (Å²) >= 11 is 0. The van der Waals surface area contributed by atoms with Crippen LogP contribution in [0.2, 0.25) is 0 Å². The number of carbonyl (C=O) groups is 1. The summed E-state index contributed by atoms with van der Waals surface area (Å²) in [6.07, 6.45) is 7.66. The number of hydrogen-bond acceptors (Lipinski definition) is 4. The van der Waals surface area contributed by atoms with Gasteiger partial charge >= 0.3 is 6.03 Å². The number of aromatic nitrogens is 1. The van der Waals surface area contributed by atoms with Crippen LogP contribution in [-0.4, -0.2) is 36.3 Å². The average molecular weight is 395 g/mol. The van der Waals surface area contributed by atoms with E-state index in [4.69, 9.17) is 4.74 Å². The predicted molar refractivity (Wildman–Crippen MR) is 114 cm³/mol. The summed E-state index contributed by atoms with van der Waals surface area (Å²) < 4.78 is 6.05. The van der Waals surface area contributed by atoms with Gasteiger partial charge in [0.15, 0.2) is 0 Å². The van der Waals surface area contributed by atoms with Crippen LogP contribution < -0.4 is 20.3 Å². The van der Waals surface area contributed by atoms with Crippen LogP contribution in [-0.2, 0) is 13.0 Å². The molecule has 6 nitrogen and oxygen atoms in total. The summed E-state index contributed by atoms with van der Waals surface area (Å²) in [6.45, 7) is 4.15. The van der Waals surface area contributed by atoms with Gasteiger partial charge in [-0.1, -0.05) is 24.3 Å². The maximum Gasteiger partial charge on any atom is 0.315 e. The van der Waals surface area contributed by atoms with Gasteiger partial charge in [-0.3, -0.25) is 0 Å². The number of urea groups is 1. The lowest BCUT2D eigenvalue weighted by molar-refractivity contribution is 0.198. The van der Waals surface area contributed by atoms with Crippen LogP contribution in [0, 0.1) is 0 Å². The minimum absolute atomic E-state index is 0.167. The number of para-hydroxylation sites is 1. The van der Waals surface area contributed by atoms with E-state index >= 15 is 0 Å². The van der Waals surface area contributed by atoms with Gasteiger partial charge < -0.3 is 20.3 Å². The van der Waals surface area contributed by atoms with Crippen molar-refractivity contribution < 1.29 is 9.53 Å². The molecular formula is C23H30N4O2. The van der Waals surface area contributed by atoms with Gasteiger partial charge in [0.2, 0.25) is 5.88 Å². The molecule has 0 bridgehead atoms. The van der Waals surface area contributed by atoms with Gasteiger partial charge in [-0.25, -0.2) is 9.78 Å². The number of anilines is 1. The Morgan fingerprint density at radius 2 is 2.03 bits per heavy atom. The second kappa shape index (κ2) is 9.16. The lowest BCUT2D eigenvalue weighted by Crippen LogP contribution is -2.44. The monoisotopic (exact) mass is 394 g/mol. The number of pyridine rings is 1. The molecule has 0 saturated heterocycles. The molecule has 1 aliphatic heterocycles. The first-order valence-electron chi connectivity index (χ1n) is 10.7. The maximum atomic E-state index is 12.3. The zero-order valence-corrected chi connectivity index (χ0v) is 17.1. The van der Waals surface area contributed by atoms with Crippen molar-refractivity contribution in [3.8, 4) is 5.88 Å². The second-order valence-electron chi connectivity index (χ2n) is 7.98. The summed E-state index contributed by atoms with van der Waals surface area (Å²) in [4.78, 5) is 19.1. The van der Waals surface area contributed by atoms with Gasteiger partial charge in [-0.2, -0.15) is 0 Å². The number of benzene rings is 1. The van der Waals surface area contributed by atoms with Gasteiger partial charge in [0.25, 0.3) is 0 Å². The molecule has 4 rings (SSSR count). The van der Waals surface area contributed by atoms with Crippen LogP contribution in [0.25, 0.3) is 0 Å². The third-order valence-corrected chi connectivity index (χ3v) is 5.88. The zero-order valence-electron chi connectivity index (χ0n) is 17.1. The molecule has 1 aromatic heterocycles. The molecule has 2 aliphatic rings. The van der Waals surface area contributed by atoms with Crippen molar-refractivity contribution in [2.24, 2.45) is 0 Å². The number of rotatable bonds is 7. The molecule has 1 atom stereocenters. The number of nitrogens with one attached hydrogen (secondary N) is 2. The first-order chi connectivity index (χ1) is 14.2. The van der Waals surface area contributed by atoms with E-state index in [2.05, 4.69) is 51.7 Å². The summed E-state index contributed by atoms with van der Waals surface area (Å²) in [5.41, 5.74) is 3.58. The maximum absolute atomic E-state index is 12.3. The Kier molecular flexibility index (Phi) is 6.17. The highest BCUT2D eigenvalue weighted by Gasteiger charge is 2.23. The van der Waals surface area contributed by atoms with Crippen LogP contribution >= 0.6 is 0 Å². The van der Waals surface area contributed by atoms with Crippen molar-refractivity contribution in [3.05, 3.63) is 53.7 Å². The van der Waals surface area contributed by atoms with E-state index in [1.54, 1.807) is 6.20 Å². The molecule has 2 amide bonds. The van der Waals surface area contributed by atoms with Gasteiger partial charge in [0.1, 0.15) is 6.10 Å². The normalized spacial score (nSPS) is 17.1. The van der Waals surface area contributed by atoms with Crippen LogP contribution in [0.1, 0.15) is 43.7 Å². The highest BCUT2D eigenvalue weighted by atomic mass is 16.5. The summed E-state index contributed by atoms with van der Waals surface area (Å²) in [5.74, 6) is 0.641. The molecule has 0 radical (unpaired) electrons. The third kappa shape index (κ3) is 4.81. The Hall–Kier alpha value is -2.76. The molecule has 29 heavy (non-hydrogen) atoms. The molecule has 2 heterocycles. The summed E-state index contributed by atoms with van der Waals surface area (Å²) in [5, 5.41) is 5.94. The van der Waals surface area contributed by atoms with Crippen molar-refractivity contribution in [2.45, 2.75) is 57.7 Å². The number of amides is 2. The quantitative estimate of drug-likeness (QED) is 0.752. The summed E-state index contributed by atoms with van der Waals surface area (Å²) in [7, 11) is 0. The Labute approximate surface area is 172 Å².